The van der Waals surface area contributed by atoms with Crippen LogP contribution in [0.5, 0.6) is 0 Å². The number of benzene rings is 1. The summed E-state index contributed by atoms with van der Waals surface area (Å²) in [5.74, 6) is 0.308. The zero-order valence-corrected chi connectivity index (χ0v) is 13.8. The molecule has 0 saturated carbocycles. The molecule has 0 fully saturated rings. The number of rotatable bonds is 6. The van der Waals surface area contributed by atoms with Gasteiger partial charge in [-0.2, -0.15) is 0 Å². The molecule has 0 unspecified atom stereocenters. The zero-order chi connectivity index (χ0) is 16.1. The quantitative estimate of drug-likeness (QED) is 0.534. The largest absolute Gasteiger partial charge is 0.463 e. The van der Waals surface area contributed by atoms with Crippen molar-refractivity contribution in [2.24, 2.45) is 0 Å². The molecule has 0 aliphatic carbocycles. The number of nitrogens with zero attached hydrogens (tertiary/aromatic N) is 2. The van der Waals surface area contributed by atoms with E-state index in [1.807, 2.05) is 30.3 Å². The average Bonchev–Trinajstić information content (AvgIpc) is 3.22. The molecule has 2 aromatic heterocycles. The van der Waals surface area contributed by atoms with E-state index in [0.717, 1.165) is 20.7 Å². The number of para-hydroxylation sites is 1. The molecule has 1 aromatic carbocycles. The van der Waals surface area contributed by atoms with Crippen LogP contribution in [0.2, 0.25) is 0 Å². The van der Waals surface area contributed by atoms with E-state index in [0.29, 0.717) is 5.75 Å². The molecule has 0 amide bonds. The summed E-state index contributed by atoms with van der Waals surface area (Å²) in [5.41, 5.74) is 1.73. The van der Waals surface area contributed by atoms with Crippen molar-refractivity contribution in [1.82, 2.24) is 10.2 Å². The summed E-state index contributed by atoms with van der Waals surface area (Å²) < 4.78 is 10.6. The van der Waals surface area contributed by atoms with Crippen LogP contribution in [0.4, 0.5) is 10.8 Å². The number of thioether (sulfide) groups is 1. The highest BCUT2D eigenvalue weighted by Crippen LogP contribution is 2.30. The first-order valence-corrected chi connectivity index (χ1v) is 8.49. The van der Waals surface area contributed by atoms with Crippen molar-refractivity contribution in [3.8, 4) is 0 Å². The highest BCUT2D eigenvalue weighted by atomic mass is 32.2. The lowest BCUT2D eigenvalue weighted by Gasteiger charge is -2.00. The fourth-order valence-electron chi connectivity index (χ4n) is 1.82. The van der Waals surface area contributed by atoms with Crippen LogP contribution in [0, 0.1) is 0 Å². The molecule has 6 nitrogen and oxygen atoms in total. The Morgan fingerprint density at radius 3 is 2.91 bits per heavy atom. The molecule has 0 bridgehead atoms. The third kappa shape index (κ3) is 3.91. The second kappa shape index (κ2) is 7.30. The minimum Gasteiger partial charge on any atom is -0.463 e. The number of hydrogen-bond donors (Lipinski definition) is 1. The number of nitrogens with one attached hydrogen (secondary N) is 1. The molecule has 0 aliphatic heterocycles. The van der Waals surface area contributed by atoms with Gasteiger partial charge >= 0.3 is 5.97 Å². The first-order valence-electron chi connectivity index (χ1n) is 6.69. The Hall–Kier alpha value is -2.32. The summed E-state index contributed by atoms with van der Waals surface area (Å²) >= 11 is 2.94. The van der Waals surface area contributed by atoms with Gasteiger partial charge in [0.05, 0.1) is 13.4 Å². The Kier molecular flexibility index (Phi) is 4.94. The third-order valence-electron chi connectivity index (χ3n) is 2.90. The maximum absolute atomic E-state index is 11.6. The second-order valence-corrected chi connectivity index (χ2v) is 6.62. The number of carbonyl (C=O) groups excluding carboxylic acids is 1. The fraction of sp³-hybridized carbons (Fsp3) is 0.133. The van der Waals surface area contributed by atoms with Gasteiger partial charge in [0, 0.05) is 17.0 Å². The van der Waals surface area contributed by atoms with Crippen LogP contribution in [0.15, 0.2) is 51.4 Å². The Morgan fingerprint density at radius 2 is 2.13 bits per heavy atom. The highest BCUT2D eigenvalue weighted by molar-refractivity contribution is 8.00. The van der Waals surface area contributed by atoms with E-state index in [9.17, 15) is 4.79 Å². The molecule has 8 heteroatoms. The molecule has 0 spiro atoms. The number of aromatic nitrogens is 2. The van der Waals surface area contributed by atoms with E-state index in [-0.39, 0.29) is 5.76 Å². The standard InChI is InChI=1S/C15H13N3O3S2/c1-20-13(19)12-10(7-8-21-12)9-22-15-18-17-14(23-15)16-11-5-3-2-4-6-11/h2-8H,9H2,1H3,(H,16,17). The van der Waals surface area contributed by atoms with E-state index in [2.05, 4.69) is 20.3 Å². The molecule has 3 aromatic rings. The summed E-state index contributed by atoms with van der Waals surface area (Å²) in [6.07, 6.45) is 1.48. The van der Waals surface area contributed by atoms with Crippen molar-refractivity contribution in [1.29, 1.82) is 0 Å². The smallest absolute Gasteiger partial charge is 0.374 e. The predicted octanol–water partition coefficient (Wildman–Crippen LogP) is 3.95. The maximum atomic E-state index is 11.6. The van der Waals surface area contributed by atoms with E-state index in [1.165, 1.54) is 36.5 Å². The normalized spacial score (nSPS) is 10.5. The van der Waals surface area contributed by atoms with E-state index in [4.69, 9.17) is 4.42 Å². The summed E-state index contributed by atoms with van der Waals surface area (Å²) in [7, 11) is 1.33. The lowest BCUT2D eigenvalue weighted by Crippen LogP contribution is -2.02. The van der Waals surface area contributed by atoms with Crippen LogP contribution in [0.25, 0.3) is 0 Å². The fourth-order valence-corrected chi connectivity index (χ4v) is 3.58. The van der Waals surface area contributed by atoms with Gasteiger partial charge in [0.15, 0.2) is 4.34 Å². The molecule has 3 rings (SSSR count). The van der Waals surface area contributed by atoms with Crippen LogP contribution >= 0.6 is 23.1 Å². The maximum Gasteiger partial charge on any atom is 0.374 e. The Bertz CT molecular complexity index is 786. The Labute approximate surface area is 140 Å². The lowest BCUT2D eigenvalue weighted by molar-refractivity contribution is 0.0564. The number of hydrogen-bond acceptors (Lipinski definition) is 8. The molecule has 0 atom stereocenters. The number of ether oxygens (including phenoxy) is 1. The van der Waals surface area contributed by atoms with Crippen LogP contribution in [-0.4, -0.2) is 23.3 Å². The second-order valence-electron chi connectivity index (χ2n) is 4.42. The van der Waals surface area contributed by atoms with Gasteiger partial charge in [0.25, 0.3) is 0 Å². The first-order chi connectivity index (χ1) is 11.3. The number of methoxy groups -OCH3 is 1. The summed E-state index contributed by atoms with van der Waals surface area (Å²) in [5, 5.41) is 12.2. The minimum absolute atomic E-state index is 0.229. The monoisotopic (exact) mass is 347 g/mol. The van der Waals surface area contributed by atoms with Crippen LogP contribution < -0.4 is 5.32 Å². The molecule has 118 valence electrons. The Morgan fingerprint density at radius 1 is 1.30 bits per heavy atom. The van der Waals surface area contributed by atoms with E-state index < -0.39 is 5.97 Å². The molecular formula is C15H13N3O3S2. The van der Waals surface area contributed by atoms with Crippen LogP contribution in [0.3, 0.4) is 0 Å². The number of carbonyl (C=O) groups is 1. The first kappa shape index (κ1) is 15.6. The number of furan rings is 1. The van der Waals surface area contributed by atoms with Gasteiger partial charge in [0.1, 0.15) is 0 Å². The van der Waals surface area contributed by atoms with E-state index in [1.54, 1.807) is 6.07 Å². The van der Waals surface area contributed by atoms with Gasteiger partial charge in [-0.15, -0.1) is 10.2 Å². The van der Waals surface area contributed by atoms with Crippen molar-refractivity contribution in [2.75, 3.05) is 12.4 Å². The topological polar surface area (TPSA) is 77.2 Å². The SMILES string of the molecule is COC(=O)c1occc1CSc1nnc(Nc2ccccc2)s1. The average molecular weight is 347 g/mol. The van der Waals surface area contributed by atoms with Gasteiger partial charge in [-0.1, -0.05) is 41.3 Å². The molecule has 23 heavy (non-hydrogen) atoms. The summed E-state index contributed by atoms with van der Waals surface area (Å²) in [6.45, 7) is 0. The van der Waals surface area contributed by atoms with E-state index >= 15 is 0 Å². The van der Waals surface area contributed by atoms with Gasteiger partial charge in [-0.25, -0.2) is 4.79 Å². The van der Waals surface area contributed by atoms with Crippen molar-refractivity contribution in [3.63, 3.8) is 0 Å². The lowest BCUT2D eigenvalue weighted by atomic mass is 10.3. The highest BCUT2D eigenvalue weighted by Gasteiger charge is 2.16. The molecule has 0 aliphatic rings. The number of esters is 1. The third-order valence-corrected chi connectivity index (χ3v) is 4.92. The van der Waals surface area contributed by atoms with Gasteiger partial charge < -0.3 is 14.5 Å². The van der Waals surface area contributed by atoms with Crippen molar-refractivity contribution >= 4 is 39.9 Å². The minimum atomic E-state index is -0.478. The molecular weight excluding hydrogens is 334 g/mol. The van der Waals surface area contributed by atoms with Crippen molar-refractivity contribution < 1.29 is 13.9 Å². The molecule has 0 saturated heterocycles. The zero-order valence-electron chi connectivity index (χ0n) is 12.2. The van der Waals surface area contributed by atoms with Crippen LogP contribution in [-0.2, 0) is 10.5 Å². The van der Waals surface area contributed by atoms with Crippen LogP contribution in [0.1, 0.15) is 16.1 Å². The molecule has 0 radical (unpaired) electrons. The van der Waals surface area contributed by atoms with Crippen molar-refractivity contribution in [3.05, 3.63) is 54.0 Å². The number of anilines is 2. The molecule has 1 N–H and O–H groups in total. The predicted molar refractivity (Wildman–Crippen MR) is 89.2 cm³/mol. The van der Waals surface area contributed by atoms with Gasteiger partial charge in [-0.3, -0.25) is 0 Å². The van der Waals surface area contributed by atoms with Gasteiger partial charge in [-0.05, 0) is 18.2 Å². The Balaban J connectivity index is 1.62. The molecule has 2 heterocycles. The summed E-state index contributed by atoms with van der Waals surface area (Å²) in [4.78, 5) is 11.6. The van der Waals surface area contributed by atoms with Crippen molar-refractivity contribution in [2.45, 2.75) is 10.1 Å². The summed E-state index contributed by atoms with van der Waals surface area (Å²) in [6, 6.07) is 11.5. The van der Waals surface area contributed by atoms with Gasteiger partial charge in [0.2, 0.25) is 10.9 Å².